The zero-order valence-corrected chi connectivity index (χ0v) is 18.6. The first kappa shape index (κ1) is 23.0. The number of carbonyl (C=O) groups is 1. The van der Waals surface area contributed by atoms with Gasteiger partial charge in [-0.05, 0) is 62.2 Å². The second kappa shape index (κ2) is 9.98. The Morgan fingerprint density at radius 1 is 1.10 bits per heavy atom. The third-order valence-corrected chi connectivity index (χ3v) is 5.60. The number of nitrogens with one attached hydrogen (secondary N) is 1. The van der Waals surface area contributed by atoms with Crippen LogP contribution in [0.5, 0.6) is 5.75 Å². The minimum Gasteiger partial charge on any atom is -0.491 e. The summed E-state index contributed by atoms with van der Waals surface area (Å²) in [5.41, 5.74) is 1.29. The Hall–Kier alpha value is -2.25. The second-order valence-corrected chi connectivity index (χ2v) is 9.28. The van der Waals surface area contributed by atoms with Gasteiger partial charge in [-0.3, -0.25) is 9.10 Å². The molecule has 1 unspecified atom stereocenters. The summed E-state index contributed by atoms with van der Waals surface area (Å²) in [6.45, 7) is 5.96. The second-order valence-electron chi connectivity index (χ2n) is 6.99. The van der Waals surface area contributed by atoms with Gasteiger partial charge < -0.3 is 10.1 Å². The zero-order chi connectivity index (χ0) is 21.6. The lowest BCUT2D eigenvalue weighted by atomic mass is 10.1. The smallest absolute Gasteiger partial charge is 0.244 e. The van der Waals surface area contributed by atoms with Crippen LogP contribution in [0.4, 0.5) is 5.69 Å². The van der Waals surface area contributed by atoms with Gasteiger partial charge in [0.2, 0.25) is 15.9 Å². The number of amides is 1. The van der Waals surface area contributed by atoms with Crippen molar-refractivity contribution < 1.29 is 17.9 Å². The Balaban J connectivity index is 2.14. The van der Waals surface area contributed by atoms with E-state index in [1.807, 2.05) is 38.1 Å². The fraction of sp³-hybridized carbons (Fsp3) is 0.381. The SMILES string of the molecule is CCC(C(=O)NCc1ccc(OC(C)C)cc1)N(c1ccc(Cl)cc1)S(C)(=O)=O. The molecule has 0 heterocycles. The first-order valence-electron chi connectivity index (χ1n) is 9.40. The van der Waals surface area contributed by atoms with Crippen LogP contribution < -0.4 is 14.4 Å². The molecule has 0 aromatic heterocycles. The van der Waals surface area contributed by atoms with Crippen LogP contribution >= 0.6 is 11.6 Å². The molecule has 8 heteroatoms. The summed E-state index contributed by atoms with van der Waals surface area (Å²) in [7, 11) is -3.67. The van der Waals surface area contributed by atoms with Crippen LogP contribution in [-0.2, 0) is 21.4 Å². The number of halogens is 1. The number of benzene rings is 2. The summed E-state index contributed by atoms with van der Waals surface area (Å²) in [5.74, 6) is 0.392. The molecule has 2 rings (SSSR count). The van der Waals surface area contributed by atoms with Gasteiger partial charge in [-0.15, -0.1) is 0 Å². The number of hydrogen-bond donors (Lipinski definition) is 1. The number of ether oxygens (including phenoxy) is 1. The molecule has 1 amide bonds. The first-order chi connectivity index (χ1) is 13.6. The highest BCUT2D eigenvalue weighted by molar-refractivity contribution is 7.92. The molecule has 1 N–H and O–H groups in total. The molecule has 158 valence electrons. The van der Waals surface area contributed by atoms with Crippen molar-refractivity contribution in [1.29, 1.82) is 0 Å². The lowest BCUT2D eigenvalue weighted by Crippen LogP contribution is -2.49. The Morgan fingerprint density at radius 2 is 1.69 bits per heavy atom. The predicted molar refractivity (Wildman–Crippen MR) is 117 cm³/mol. The molecule has 2 aromatic carbocycles. The predicted octanol–water partition coefficient (Wildman–Crippen LogP) is 3.99. The lowest BCUT2D eigenvalue weighted by molar-refractivity contribution is -0.122. The van der Waals surface area contributed by atoms with E-state index < -0.39 is 16.1 Å². The summed E-state index contributed by atoms with van der Waals surface area (Å²) in [6, 6.07) is 12.9. The molecule has 0 saturated carbocycles. The third-order valence-electron chi connectivity index (χ3n) is 4.17. The van der Waals surface area contributed by atoms with E-state index in [0.717, 1.165) is 21.9 Å². The average Bonchev–Trinajstić information content (AvgIpc) is 2.65. The molecule has 0 aliphatic carbocycles. The van der Waals surface area contributed by atoms with Crippen molar-refractivity contribution in [3.63, 3.8) is 0 Å². The normalized spacial score (nSPS) is 12.5. The topological polar surface area (TPSA) is 75.7 Å². The number of carbonyl (C=O) groups excluding carboxylic acids is 1. The Labute approximate surface area is 177 Å². The van der Waals surface area contributed by atoms with Crippen LogP contribution in [0.2, 0.25) is 5.02 Å². The van der Waals surface area contributed by atoms with Gasteiger partial charge in [0.15, 0.2) is 0 Å². The van der Waals surface area contributed by atoms with E-state index in [1.165, 1.54) is 0 Å². The number of nitrogens with zero attached hydrogens (tertiary/aromatic N) is 1. The van der Waals surface area contributed by atoms with Gasteiger partial charge in [0.05, 0.1) is 18.0 Å². The van der Waals surface area contributed by atoms with E-state index in [0.29, 0.717) is 17.1 Å². The molecule has 0 spiro atoms. The van der Waals surface area contributed by atoms with Crippen LogP contribution in [0.15, 0.2) is 48.5 Å². The van der Waals surface area contributed by atoms with Crippen LogP contribution in [0, 0.1) is 0 Å². The van der Waals surface area contributed by atoms with E-state index in [2.05, 4.69) is 5.32 Å². The third kappa shape index (κ3) is 6.65. The summed E-state index contributed by atoms with van der Waals surface area (Å²) < 4.78 is 31.6. The van der Waals surface area contributed by atoms with Crippen LogP contribution in [0.25, 0.3) is 0 Å². The molecule has 0 aliphatic heterocycles. The molecule has 29 heavy (non-hydrogen) atoms. The molecule has 0 radical (unpaired) electrons. The van der Waals surface area contributed by atoms with Gasteiger partial charge in [-0.25, -0.2) is 8.42 Å². The highest BCUT2D eigenvalue weighted by atomic mass is 35.5. The number of hydrogen-bond acceptors (Lipinski definition) is 4. The number of rotatable bonds is 9. The molecule has 0 saturated heterocycles. The summed E-state index contributed by atoms with van der Waals surface area (Å²) in [4.78, 5) is 12.8. The van der Waals surface area contributed by atoms with E-state index in [9.17, 15) is 13.2 Å². The van der Waals surface area contributed by atoms with Crippen molar-refractivity contribution >= 4 is 33.2 Å². The van der Waals surface area contributed by atoms with E-state index in [-0.39, 0.29) is 18.6 Å². The van der Waals surface area contributed by atoms with Crippen molar-refractivity contribution in [2.75, 3.05) is 10.6 Å². The molecular formula is C21H27ClN2O4S. The maximum absolute atomic E-state index is 12.8. The van der Waals surface area contributed by atoms with Gasteiger partial charge in [0.1, 0.15) is 11.8 Å². The summed E-state index contributed by atoms with van der Waals surface area (Å²) >= 11 is 5.91. The van der Waals surface area contributed by atoms with Gasteiger partial charge in [0, 0.05) is 11.6 Å². The average molecular weight is 439 g/mol. The van der Waals surface area contributed by atoms with Crippen molar-refractivity contribution in [2.24, 2.45) is 0 Å². The van der Waals surface area contributed by atoms with Crippen molar-refractivity contribution in [2.45, 2.75) is 45.9 Å². The fourth-order valence-electron chi connectivity index (χ4n) is 2.91. The lowest BCUT2D eigenvalue weighted by Gasteiger charge is -2.30. The first-order valence-corrected chi connectivity index (χ1v) is 11.6. The summed E-state index contributed by atoms with van der Waals surface area (Å²) in [5, 5.41) is 3.32. The van der Waals surface area contributed by atoms with Crippen molar-refractivity contribution in [3.8, 4) is 5.75 Å². The van der Waals surface area contributed by atoms with Gasteiger partial charge >= 0.3 is 0 Å². The highest BCUT2D eigenvalue weighted by Crippen LogP contribution is 2.24. The maximum Gasteiger partial charge on any atom is 0.244 e. The van der Waals surface area contributed by atoms with Crippen molar-refractivity contribution in [3.05, 3.63) is 59.1 Å². The molecule has 0 fully saturated rings. The minimum absolute atomic E-state index is 0.0840. The monoisotopic (exact) mass is 438 g/mol. The molecular weight excluding hydrogens is 412 g/mol. The van der Waals surface area contributed by atoms with Crippen LogP contribution in [-0.4, -0.2) is 32.7 Å². The zero-order valence-electron chi connectivity index (χ0n) is 17.1. The minimum atomic E-state index is -3.67. The quantitative estimate of drug-likeness (QED) is 0.642. The molecule has 2 aromatic rings. The largest absolute Gasteiger partial charge is 0.491 e. The van der Waals surface area contributed by atoms with E-state index in [1.54, 1.807) is 31.2 Å². The number of anilines is 1. The molecule has 0 bridgehead atoms. The van der Waals surface area contributed by atoms with Gasteiger partial charge in [0.25, 0.3) is 0 Å². The molecule has 1 atom stereocenters. The highest BCUT2D eigenvalue weighted by Gasteiger charge is 2.31. The van der Waals surface area contributed by atoms with Gasteiger partial charge in [-0.1, -0.05) is 30.7 Å². The molecule has 6 nitrogen and oxygen atoms in total. The van der Waals surface area contributed by atoms with Crippen LogP contribution in [0.1, 0.15) is 32.8 Å². The van der Waals surface area contributed by atoms with E-state index >= 15 is 0 Å². The van der Waals surface area contributed by atoms with Gasteiger partial charge in [-0.2, -0.15) is 0 Å². The van der Waals surface area contributed by atoms with E-state index in [4.69, 9.17) is 16.3 Å². The maximum atomic E-state index is 12.8. The number of sulfonamides is 1. The standard InChI is InChI=1S/C21H27ClN2O4S/c1-5-20(24(29(4,26)27)18-10-8-17(22)9-11-18)21(25)23-14-16-6-12-19(13-7-16)28-15(2)3/h6-13,15,20H,5,14H2,1-4H3,(H,23,25). The Morgan fingerprint density at radius 3 is 2.17 bits per heavy atom. The fourth-order valence-corrected chi connectivity index (χ4v) is 4.25. The molecule has 0 aliphatic rings. The summed E-state index contributed by atoms with van der Waals surface area (Å²) in [6.07, 6.45) is 1.49. The Bertz CT molecular complexity index is 913. The Kier molecular flexibility index (Phi) is 7.93. The van der Waals surface area contributed by atoms with Crippen LogP contribution in [0.3, 0.4) is 0 Å². The van der Waals surface area contributed by atoms with Crippen molar-refractivity contribution in [1.82, 2.24) is 5.32 Å².